The van der Waals surface area contributed by atoms with Crippen LogP contribution < -0.4 is 4.74 Å². The molecule has 0 unspecified atom stereocenters. The SMILES string of the molecule is COC(=O)c1ccc(COc2ccc(CC#N)cc2)cc1. The Balaban J connectivity index is 1.93. The number of rotatable bonds is 5. The highest BCUT2D eigenvalue weighted by Gasteiger charge is 2.04. The van der Waals surface area contributed by atoms with Crippen LogP contribution in [0.2, 0.25) is 0 Å². The molecule has 0 aliphatic carbocycles. The Bertz CT molecular complexity index is 639. The van der Waals surface area contributed by atoms with Crippen LogP contribution >= 0.6 is 0 Å². The molecule has 4 heteroatoms. The molecule has 4 nitrogen and oxygen atoms in total. The van der Waals surface area contributed by atoms with Gasteiger partial charge in [-0.25, -0.2) is 4.79 Å². The van der Waals surface area contributed by atoms with Gasteiger partial charge in [-0.05, 0) is 35.4 Å². The molecule has 0 heterocycles. The van der Waals surface area contributed by atoms with E-state index in [-0.39, 0.29) is 5.97 Å². The first-order chi connectivity index (χ1) is 10.2. The number of methoxy groups -OCH3 is 1. The quantitative estimate of drug-likeness (QED) is 0.790. The van der Waals surface area contributed by atoms with Gasteiger partial charge in [0.05, 0.1) is 25.2 Å². The second-order valence-corrected chi connectivity index (χ2v) is 4.46. The number of esters is 1. The second-order valence-electron chi connectivity index (χ2n) is 4.46. The summed E-state index contributed by atoms with van der Waals surface area (Å²) < 4.78 is 10.3. The first kappa shape index (κ1) is 14.6. The summed E-state index contributed by atoms with van der Waals surface area (Å²) in [5.41, 5.74) is 2.44. The van der Waals surface area contributed by atoms with Crippen LogP contribution in [-0.2, 0) is 17.8 Å². The molecular formula is C17H15NO3. The summed E-state index contributed by atoms with van der Waals surface area (Å²) in [6.07, 6.45) is 0.398. The molecule has 0 aromatic heterocycles. The van der Waals surface area contributed by atoms with Crippen molar-refractivity contribution < 1.29 is 14.3 Å². The van der Waals surface area contributed by atoms with Crippen molar-refractivity contribution in [1.82, 2.24) is 0 Å². The summed E-state index contributed by atoms with van der Waals surface area (Å²) in [7, 11) is 1.36. The van der Waals surface area contributed by atoms with Crippen molar-refractivity contribution in [2.75, 3.05) is 7.11 Å². The smallest absolute Gasteiger partial charge is 0.337 e. The van der Waals surface area contributed by atoms with Gasteiger partial charge < -0.3 is 9.47 Å². The number of carbonyl (C=O) groups excluding carboxylic acids is 1. The van der Waals surface area contributed by atoms with Crippen molar-refractivity contribution in [3.05, 3.63) is 65.2 Å². The predicted molar refractivity (Wildman–Crippen MR) is 77.9 cm³/mol. The molecule has 0 saturated carbocycles. The molecule has 0 radical (unpaired) electrons. The highest BCUT2D eigenvalue weighted by atomic mass is 16.5. The Labute approximate surface area is 123 Å². The van der Waals surface area contributed by atoms with E-state index in [4.69, 9.17) is 10.00 Å². The monoisotopic (exact) mass is 281 g/mol. The zero-order chi connectivity index (χ0) is 15.1. The predicted octanol–water partition coefficient (Wildman–Crippen LogP) is 3.12. The van der Waals surface area contributed by atoms with Gasteiger partial charge in [0.1, 0.15) is 12.4 Å². The van der Waals surface area contributed by atoms with Gasteiger partial charge in [-0.2, -0.15) is 5.26 Å². The number of ether oxygens (including phenoxy) is 2. The lowest BCUT2D eigenvalue weighted by molar-refractivity contribution is 0.0600. The maximum Gasteiger partial charge on any atom is 0.337 e. The largest absolute Gasteiger partial charge is 0.489 e. The third-order valence-corrected chi connectivity index (χ3v) is 2.99. The topological polar surface area (TPSA) is 59.3 Å². The Morgan fingerprint density at radius 3 is 2.24 bits per heavy atom. The Kier molecular flexibility index (Phi) is 4.94. The van der Waals surface area contributed by atoms with E-state index in [1.807, 2.05) is 36.4 Å². The number of nitrogens with zero attached hydrogens (tertiary/aromatic N) is 1. The lowest BCUT2D eigenvalue weighted by atomic mass is 10.1. The van der Waals surface area contributed by atoms with Crippen molar-refractivity contribution in [1.29, 1.82) is 5.26 Å². The Morgan fingerprint density at radius 1 is 1.05 bits per heavy atom. The fraction of sp³-hybridized carbons (Fsp3) is 0.176. The van der Waals surface area contributed by atoms with E-state index in [2.05, 4.69) is 10.8 Å². The van der Waals surface area contributed by atoms with Crippen LogP contribution in [0.15, 0.2) is 48.5 Å². The Morgan fingerprint density at radius 2 is 1.67 bits per heavy atom. The van der Waals surface area contributed by atoms with Crippen LogP contribution in [0.3, 0.4) is 0 Å². The highest BCUT2D eigenvalue weighted by molar-refractivity contribution is 5.89. The number of nitriles is 1. The van der Waals surface area contributed by atoms with E-state index >= 15 is 0 Å². The molecule has 0 amide bonds. The van der Waals surface area contributed by atoms with Gasteiger partial charge in [0.25, 0.3) is 0 Å². The average Bonchev–Trinajstić information content (AvgIpc) is 2.54. The van der Waals surface area contributed by atoms with Crippen molar-refractivity contribution in [3.63, 3.8) is 0 Å². The van der Waals surface area contributed by atoms with E-state index in [0.29, 0.717) is 18.6 Å². The minimum absolute atomic E-state index is 0.351. The van der Waals surface area contributed by atoms with Crippen LogP contribution in [-0.4, -0.2) is 13.1 Å². The summed E-state index contributed by atoms with van der Waals surface area (Å²) in [4.78, 5) is 11.3. The minimum Gasteiger partial charge on any atom is -0.489 e. The molecule has 0 N–H and O–H groups in total. The van der Waals surface area contributed by atoms with E-state index < -0.39 is 0 Å². The first-order valence-corrected chi connectivity index (χ1v) is 6.49. The normalized spacial score (nSPS) is 9.71. The molecule has 2 aromatic carbocycles. The van der Waals surface area contributed by atoms with Gasteiger partial charge in [-0.3, -0.25) is 0 Å². The highest BCUT2D eigenvalue weighted by Crippen LogP contribution is 2.15. The van der Waals surface area contributed by atoms with Gasteiger partial charge in [-0.15, -0.1) is 0 Å². The third-order valence-electron chi connectivity index (χ3n) is 2.99. The van der Waals surface area contributed by atoms with Crippen molar-refractivity contribution in [3.8, 4) is 11.8 Å². The minimum atomic E-state index is -0.351. The van der Waals surface area contributed by atoms with E-state index in [1.165, 1.54) is 7.11 Å². The van der Waals surface area contributed by atoms with Gasteiger partial charge >= 0.3 is 5.97 Å². The van der Waals surface area contributed by atoms with E-state index in [1.54, 1.807) is 12.1 Å². The maximum atomic E-state index is 11.3. The van der Waals surface area contributed by atoms with Gasteiger partial charge in [0, 0.05) is 0 Å². The number of hydrogen-bond donors (Lipinski definition) is 0. The third kappa shape index (κ3) is 4.08. The molecule has 0 aliphatic rings. The van der Waals surface area contributed by atoms with Gasteiger partial charge in [0.2, 0.25) is 0 Å². The molecule has 0 aliphatic heterocycles. The molecule has 106 valence electrons. The number of benzene rings is 2. The van der Waals surface area contributed by atoms with Crippen LogP contribution in [0.1, 0.15) is 21.5 Å². The summed E-state index contributed by atoms with van der Waals surface area (Å²) in [6, 6.07) is 16.6. The molecule has 0 atom stereocenters. The van der Waals surface area contributed by atoms with Gasteiger partial charge in [-0.1, -0.05) is 24.3 Å². The van der Waals surface area contributed by atoms with Gasteiger partial charge in [0.15, 0.2) is 0 Å². The van der Waals surface area contributed by atoms with Crippen LogP contribution in [0, 0.1) is 11.3 Å². The zero-order valence-electron chi connectivity index (χ0n) is 11.7. The molecule has 0 saturated heterocycles. The van der Waals surface area contributed by atoms with Crippen molar-refractivity contribution in [2.24, 2.45) is 0 Å². The Hall–Kier alpha value is -2.80. The summed E-state index contributed by atoms with van der Waals surface area (Å²) in [5.74, 6) is 0.393. The lowest BCUT2D eigenvalue weighted by Gasteiger charge is -2.07. The number of carbonyl (C=O) groups is 1. The summed E-state index contributed by atoms with van der Waals surface area (Å²) >= 11 is 0. The molecule has 2 rings (SSSR count). The number of hydrogen-bond acceptors (Lipinski definition) is 4. The van der Waals surface area contributed by atoms with E-state index in [9.17, 15) is 4.79 Å². The first-order valence-electron chi connectivity index (χ1n) is 6.49. The molecule has 0 bridgehead atoms. The van der Waals surface area contributed by atoms with Crippen LogP contribution in [0.25, 0.3) is 0 Å². The average molecular weight is 281 g/mol. The molecule has 2 aromatic rings. The van der Waals surface area contributed by atoms with Crippen molar-refractivity contribution in [2.45, 2.75) is 13.0 Å². The summed E-state index contributed by atoms with van der Waals surface area (Å²) in [5, 5.41) is 8.61. The zero-order valence-corrected chi connectivity index (χ0v) is 11.7. The van der Waals surface area contributed by atoms with E-state index in [0.717, 1.165) is 16.9 Å². The van der Waals surface area contributed by atoms with Crippen LogP contribution in [0.5, 0.6) is 5.75 Å². The molecule has 0 spiro atoms. The van der Waals surface area contributed by atoms with Crippen molar-refractivity contribution >= 4 is 5.97 Å². The molecule has 21 heavy (non-hydrogen) atoms. The van der Waals surface area contributed by atoms with Crippen LogP contribution in [0.4, 0.5) is 0 Å². The lowest BCUT2D eigenvalue weighted by Crippen LogP contribution is -2.02. The fourth-order valence-corrected chi connectivity index (χ4v) is 1.82. The maximum absolute atomic E-state index is 11.3. The standard InChI is InChI=1S/C17H15NO3/c1-20-17(19)15-6-2-14(3-7-15)12-21-16-8-4-13(5-9-16)10-11-18/h2-9H,10,12H2,1H3. The fourth-order valence-electron chi connectivity index (χ4n) is 1.82. The molecule has 0 fully saturated rings. The molecular weight excluding hydrogens is 266 g/mol. The second kappa shape index (κ2) is 7.11. The summed E-state index contributed by atoms with van der Waals surface area (Å²) in [6.45, 7) is 0.416.